The molecule has 9 heteroatoms. The van der Waals surface area contributed by atoms with Crippen LogP contribution in [0.2, 0.25) is 10.0 Å². The summed E-state index contributed by atoms with van der Waals surface area (Å²) in [4.78, 5) is 11.7. The van der Waals surface area contributed by atoms with Gasteiger partial charge in [0.05, 0.1) is 32.6 Å². The van der Waals surface area contributed by atoms with Crippen LogP contribution in [0.3, 0.4) is 0 Å². The van der Waals surface area contributed by atoms with E-state index in [9.17, 15) is 10.1 Å². The standard InChI is InChI=1S/C28H25BrCl2N2O4/c1-14-9-23(33(34)35)27-25(15(14)2)18-5-4-6-19(18)26(32-27)17-11-20(29)28(24(12-17)36-3)37-13-16-7-8-21(30)22(31)10-16/h4-5,7-12,18-19,26,32H,6,13H2,1-3H3/t18-,19+,26+/m1/s1. The minimum Gasteiger partial charge on any atom is -0.493 e. The van der Waals surface area contributed by atoms with E-state index in [1.54, 1.807) is 25.3 Å². The van der Waals surface area contributed by atoms with Gasteiger partial charge >= 0.3 is 0 Å². The van der Waals surface area contributed by atoms with Gasteiger partial charge in [0, 0.05) is 12.0 Å². The maximum absolute atomic E-state index is 12.0. The van der Waals surface area contributed by atoms with Crippen LogP contribution in [0.5, 0.6) is 11.5 Å². The van der Waals surface area contributed by atoms with Crippen LogP contribution in [-0.4, -0.2) is 12.0 Å². The number of benzene rings is 3. The monoisotopic (exact) mass is 602 g/mol. The lowest BCUT2D eigenvalue weighted by atomic mass is 9.74. The third-order valence-corrected chi connectivity index (χ3v) is 8.65. The number of hydrogen-bond donors (Lipinski definition) is 1. The van der Waals surface area contributed by atoms with Crippen molar-refractivity contribution in [3.63, 3.8) is 0 Å². The van der Waals surface area contributed by atoms with Gasteiger partial charge in [-0.25, -0.2) is 0 Å². The molecule has 1 N–H and O–H groups in total. The summed E-state index contributed by atoms with van der Waals surface area (Å²) in [7, 11) is 1.60. The van der Waals surface area contributed by atoms with Crippen molar-refractivity contribution in [2.45, 2.75) is 38.8 Å². The summed E-state index contributed by atoms with van der Waals surface area (Å²) in [5.41, 5.74) is 5.58. The quantitative estimate of drug-likeness (QED) is 0.173. The Hall–Kier alpha value is -2.74. The number of rotatable bonds is 6. The largest absolute Gasteiger partial charge is 0.493 e. The molecule has 0 bridgehead atoms. The van der Waals surface area contributed by atoms with Gasteiger partial charge in [0.25, 0.3) is 5.69 Å². The SMILES string of the molecule is COc1cc([C@@H]2Nc3c([N+](=O)[O-])cc(C)c(C)c3[C@@H]3C=CC[C@@H]32)cc(Br)c1OCc1ccc(Cl)c(Cl)c1. The van der Waals surface area contributed by atoms with Gasteiger partial charge in [-0.15, -0.1) is 0 Å². The Balaban J connectivity index is 1.51. The number of ether oxygens (including phenoxy) is 2. The van der Waals surface area contributed by atoms with Gasteiger partial charge in [-0.3, -0.25) is 10.1 Å². The van der Waals surface area contributed by atoms with Crippen LogP contribution < -0.4 is 14.8 Å². The highest BCUT2D eigenvalue weighted by Gasteiger charge is 2.42. The van der Waals surface area contributed by atoms with Crippen molar-refractivity contribution >= 4 is 50.5 Å². The van der Waals surface area contributed by atoms with Crippen molar-refractivity contribution in [2.24, 2.45) is 5.92 Å². The second-order valence-corrected chi connectivity index (χ2v) is 11.1. The van der Waals surface area contributed by atoms with Crippen LogP contribution >= 0.6 is 39.1 Å². The van der Waals surface area contributed by atoms with E-state index >= 15 is 0 Å². The number of nitro benzene ring substituents is 1. The maximum Gasteiger partial charge on any atom is 0.292 e. The van der Waals surface area contributed by atoms with Crippen molar-refractivity contribution in [1.82, 2.24) is 0 Å². The van der Waals surface area contributed by atoms with E-state index < -0.39 is 0 Å². The molecule has 3 atom stereocenters. The third-order valence-electron chi connectivity index (χ3n) is 7.32. The second kappa shape index (κ2) is 10.2. The lowest BCUT2D eigenvalue weighted by Crippen LogP contribution is -2.30. The van der Waals surface area contributed by atoms with E-state index in [0.29, 0.717) is 27.2 Å². The Morgan fingerprint density at radius 1 is 1.16 bits per heavy atom. The molecular formula is C28H25BrCl2N2O4. The molecule has 0 aromatic heterocycles. The van der Waals surface area contributed by atoms with Gasteiger partial charge in [0.1, 0.15) is 12.3 Å². The fraction of sp³-hybridized carbons (Fsp3) is 0.286. The third kappa shape index (κ3) is 4.69. The molecule has 192 valence electrons. The van der Waals surface area contributed by atoms with Crippen LogP contribution in [0.1, 0.15) is 46.2 Å². The number of anilines is 1. The minimum absolute atomic E-state index is 0.0928. The Bertz CT molecular complexity index is 1440. The summed E-state index contributed by atoms with van der Waals surface area (Å²) in [6.45, 7) is 4.25. The zero-order valence-corrected chi connectivity index (χ0v) is 23.6. The van der Waals surface area contributed by atoms with Crippen LogP contribution in [0.25, 0.3) is 0 Å². The molecular weight excluding hydrogens is 579 g/mol. The molecule has 1 aliphatic heterocycles. The first kappa shape index (κ1) is 25.9. The molecule has 0 fully saturated rings. The average molecular weight is 604 g/mol. The lowest BCUT2D eigenvalue weighted by Gasteiger charge is -2.38. The molecule has 0 saturated carbocycles. The van der Waals surface area contributed by atoms with E-state index in [2.05, 4.69) is 33.4 Å². The zero-order chi connectivity index (χ0) is 26.4. The van der Waals surface area contributed by atoms with Crippen LogP contribution in [0.15, 0.2) is 53.0 Å². The number of methoxy groups -OCH3 is 1. The van der Waals surface area contributed by atoms with E-state index in [-0.39, 0.29) is 35.1 Å². The van der Waals surface area contributed by atoms with Crippen LogP contribution in [-0.2, 0) is 6.61 Å². The van der Waals surface area contributed by atoms with Crippen molar-refractivity contribution in [2.75, 3.05) is 12.4 Å². The number of fused-ring (bicyclic) bond motifs is 3. The molecule has 37 heavy (non-hydrogen) atoms. The first-order valence-corrected chi connectivity index (χ1v) is 13.4. The van der Waals surface area contributed by atoms with Gasteiger partial charge in [0.2, 0.25) is 0 Å². The summed E-state index contributed by atoms with van der Waals surface area (Å²) in [6, 6.07) is 10.8. The molecule has 3 aromatic rings. The molecule has 0 radical (unpaired) electrons. The van der Waals surface area contributed by atoms with Gasteiger partial charge in [0.15, 0.2) is 11.5 Å². The first-order chi connectivity index (χ1) is 17.7. The van der Waals surface area contributed by atoms with Gasteiger partial charge in [-0.1, -0.05) is 41.4 Å². The molecule has 1 heterocycles. The summed E-state index contributed by atoms with van der Waals surface area (Å²) in [5.74, 6) is 1.43. The summed E-state index contributed by atoms with van der Waals surface area (Å²) in [6.07, 6.45) is 5.24. The minimum atomic E-state index is -0.301. The maximum atomic E-state index is 12.0. The lowest BCUT2D eigenvalue weighted by molar-refractivity contribution is -0.384. The van der Waals surface area contributed by atoms with E-state index in [1.165, 1.54) is 0 Å². The molecule has 0 amide bonds. The number of aryl methyl sites for hydroxylation is 1. The first-order valence-electron chi connectivity index (χ1n) is 11.9. The Morgan fingerprint density at radius 2 is 1.95 bits per heavy atom. The van der Waals surface area contributed by atoms with E-state index in [4.69, 9.17) is 32.7 Å². The number of nitro groups is 1. The van der Waals surface area contributed by atoms with Gasteiger partial charge < -0.3 is 14.8 Å². The molecule has 0 unspecified atom stereocenters. The molecule has 5 rings (SSSR count). The predicted octanol–water partition coefficient (Wildman–Crippen LogP) is 8.70. The number of nitrogens with zero attached hydrogens (tertiary/aromatic N) is 1. The summed E-state index contributed by atoms with van der Waals surface area (Å²) >= 11 is 15.8. The average Bonchev–Trinajstić information content (AvgIpc) is 3.36. The highest BCUT2D eigenvalue weighted by molar-refractivity contribution is 9.10. The summed E-state index contributed by atoms with van der Waals surface area (Å²) in [5, 5.41) is 16.5. The zero-order valence-electron chi connectivity index (χ0n) is 20.5. The second-order valence-electron chi connectivity index (χ2n) is 9.43. The van der Waals surface area contributed by atoms with Crippen molar-refractivity contribution in [1.29, 1.82) is 0 Å². The molecule has 6 nitrogen and oxygen atoms in total. The molecule has 3 aromatic carbocycles. The number of hydrogen-bond acceptors (Lipinski definition) is 5. The topological polar surface area (TPSA) is 73.6 Å². The Kier molecular flexibility index (Phi) is 7.14. The van der Waals surface area contributed by atoms with Crippen LogP contribution in [0.4, 0.5) is 11.4 Å². The molecule has 1 aliphatic carbocycles. The van der Waals surface area contributed by atoms with Gasteiger partial charge in [-0.05, 0) is 94.2 Å². The predicted molar refractivity (Wildman–Crippen MR) is 150 cm³/mol. The smallest absolute Gasteiger partial charge is 0.292 e. The molecule has 2 aliphatic rings. The molecule has 0 spiro atoms. The van der Waals surface area contributed by atoms with Gasteiger partial charge in [-0.2, -0.15) is 0 Å². The highest BCUT2D eigenvalue weighted by atomic mass is 79.9. The number of nitrogens with one attached hydrogen (secondary N) is 1. The summed E-state index contributed by atoms with van der Waals surface area (Å²) < 4.78 is 12.5. The van der Waals surface area contributed by atoms with Crippen molar-refractivity contribution in [3.8, 4) is 11.5 Å². The Morgan fingerprint density at radius 3 is 2.65 bits per heavy atom. The Labute approximate surface area is 233 Å². The fourth-order valence-corrected chi connectivity index (χ4v) is 6.29. The molecule has 0 saturated heterocycles. The normalized spacial score (nSPS) is 19.7. The van der Waals surface area contributed by atoms with E-state index in [0.717, 1.165) is 38.7 Å². The fourth-order valence-electron chi connectivity index (χ4n) is 5.40. The van der Waals surface area contributed by atoms with Crippen molar-refractivity contribution < 1.29 is 14.4 Å². The van der Waals surface area contributed by atoms with E-state index in [1.807, 2.05) is 32.0 Å². The van der Waals surface area contributed by atoms with Crippen LogP contribution in [0, 0.1) is 29.9 Å². The number of allylic oxidation sites excluding steroid dienone is 2. The highest BCUT2D eigenvalue weighted by Crippen LogP contribution is 2.54. The van der Waals surface area contributed by atoms with Crippen molar-refractivity contribution in [3.05, 3.63) is 101 Å². The number of halogens is 3.